The van der Waals surface area contributed by atoms with Crippen molar-refractivity contribution in [2.75, 3.05) is 5.32 Å². The van der Waals surface area contributed by atoms with Crippen LogP contribution in [-0.2, 0) is 0 Å². The molecule has 2 aromatic carbocycles. The van der Waals surface area contributed by atoms with Gasteiger partial charge in [0.2, 0.25) is 0 Å². The molecule has 0 atom stereocenters. The highest BCUT2D eigenvalue weighted by Gasteiger charge is 2.08. The van der Waals surface area contributed by atoms with Crippen LogP contribution in [0.4, 0.5) is 10.8 Å². The van der Waals surface area contributed by atoms with Crippen LogP contribution < -0.4 is 5.32 Å². The van der Waals surface area contributed by atoms with Gasteiger partial charge in [-0.1, -0.05) is 23.5 Å². The van der Waals surface area contributed by atoms with Crippen LogP contribution in [0.15, 0.2) is 40.9 Å². The second-order valence-corrected chi connectivity index (χ2v) is 6.26. The minimum absolute atomic E-state index is 0.627. The molecule has 3 aromatic rings. The molecule has 0 saturated carbocycles. The number of halogens is 1. The molecule has 0 aliphatic carbocycles. The third-order valence-electron chi connectivity index (χ3n) is 2.96. The smallest absolute Gasteiger partial charge is 0.188 e. The van der Waals surface area contributed by atoms with Gasteiger partial charge in [0.25, 0.3) is 0 Å². The van der Waals surface area contributed by atoms with Crippen LogP contribution in [0.2, 0.25) is 0 Å². The molecule has 5 heteroatoms. The standard InChI is InChI=1S/C15H10BrN3S/c1-9-3-2-4-13-14(9)19-15(20-13)18-12-6-5-10(8-17)7-11(12)16/h2-7H,1H3,(H,18,19). The lowest BCUT2D eigenvalue weighted by Crippen LogP contribution is -1.91. The van der Waals surface area contributed by atoms with Gasteiger partial charge >= 0.3 is 0 Å². The highest BCUT2D eigenvalue weighted by Crippen LogP contribution is 2.32. The van der Waals surface area contributed by atoms with Gasteiger partial charge in [0.1, 0.15) is 0 Å². The zero-order chi connectivity index (χ0) is 14.1. The van der Waals surface area contributed by atoms with Crippen LogP contribution in [0.1, 0.15) is 11.1 Å². The average Bonchev–Trinajstić information content (AvgIpc) is 2.85. The summed E-state index contributed by atoms with van der Waals surface area (Å²) in [4.78, 5) is 4.61. The quantitative estimate of drug-likeness (QED) is 0.713. The number of nitriles is 1. The Morgan fingerprint density at radius 3 is 2.85 bits per heavy atom. The Kier molecular flexibility index (Phi) is 3.43. The number of fused-ring (bicyclic) bond motifs is 1. The van der Waals surface area contributed by atoms with E-state index in [4.69, 9.17) is 5.26 Å². The predicted molar refractivity (Wildman–Crippen MR) is 86.5 cm³/mol. The molecule has 98 valence electrons. The number of para-hydroxylation sites is 1. The van der Waals surface area contributed by atoms with E-state index in [2.05, 4.69) is 51.4 Å². The van der Waals surface area contributed by atoms with Gasteiger partial charge in [-0.25, -0.2) is 4.98 Å². The molecular weight excluding hydrogens is 334 g/mol. The van der Waals surface area contributed by atoms with Crippen molar-refractivity contribution >= 4 is 48.3 Å². The summed E-state index contributed by atoms with van der Waals surface area (Å²) < 4.78 is 2.02. The molecule has 1 aromatic heterocycles. The number of anilines is 2. The van der Waals surface area contributed by atoms with Gasteiger partial charge in [0.05, 0.1) is 27.5 Å². The van der Waals surface area contributed by atoms with Crippen molar-refractivity contribution < 1.29 is 0 Å². The van der Waals surface area contributed by atoms with Crippen molar-refractivity contribution in [1.29, 1.82) is 5.26 Å². The minimum Gasteiger partial charge on any atom is -0.331 e. The van der Waals surface area contributed by atoms with Crippen molar-refractivity contribution in [3.63, 3.8) is 0 Å². The van der Waals surface area contributed by atoms with E-state index in [1.807, 2.05) is 12.1 Å². The van der Waals surface area contributed by atoms with Crippen molar-refractivity contribution in [1.82, 2.24) is 4.98 Å². The molecule has 0 bridgehead atoms. The van der Waals surface area contributed by atoms with Gasteiger partial charge in [-0.3, -0.25) is 0 Å². The SMILES string of the molecule is Cc1cccc2sc(Nc3ccc(C#N)cc3Br)nc12. The van der Waals surface area contributed by atoms with Gasteiger partial charge in [-0.05, 0) is 52.7 Å². The monoisotopic (exact) mass is 343 g/mol. The molecule has 0 spiro atoms. The van der Waals surface area contributed by atoms with Gasteiger partial charge < -0.3 is 5.32 Å². The summed E-state index contributed by atoms with van der Waals surface area (Å²) in [5.41, 5.74) is 3.73. The molecule has 20 heavy (non-hydrogen) atoms. The molecular formula is C15H10BrN3S. The maximum absolute atomic E-state index is 8.87. The molecule has 3 rings (SSSR count). The normalized spacial score (nSPS) is 10.4. The Morgan fingerprint density at radius 2 is 2.15 bits per heavy atom. The lowest BCUT2D eigenvalue weighted by molar-refractivity contribution is 1.39. The second-order valence-electron chi connectivity index (χ2n) is 4.37. The van der Waals surface area contributed by atoms with Gasteiger partial charge in [0.15, 0.2) is 5.13 Å². The Bertz CT molecular complexity index is 833. The zero-order valence-electron chi connectivity index (χ0n) is 10.6. The first kappa shape index (κ1) is 13.1. The molecule has 1 N–H and O–H groups in total. The second kappa shape index (κ2) is 5.23. The fraction of sp³-hybridized carbons (Fsp3) is 0.0667. The van der Waals surface area contributed by atoms with Crippen LogP contribution in [0, 0.1) is 18.3 Å². The van der Waals surface area contributed by atoms with Gasteiger partial charge in [-0.15, -0.1) is 0 Å². The van der Waals surface area contributed by atoms with E-state index < -0.39 is 0 Å². The molecule has 0 amide bonds. The van der Waals surface area contributed by atoms with Crippen molar-refractivity contribution in [2.45, 2.75) is 6.92 Å². The Balaban J connectivity index is 1.97. The third-order valence-corrected chi connectivity index (χ3v) is 4.55. The number of nitrogens with zero attached hydrogens (tertiary/aromatic N) is 2. The van der Waals surface area contributed by atoms with Gasteiger partial charge in [-0.2, -0.15) is 5.26 Å². The van der Waals surface area contributed by atoms with Crippen LogP contribution >= 0.6 is 27.3 Å². The van der Waals surface area contributed by atoms with Crippen molar-refractivity contribution in [3.8, 4) is 6.07 Å². The Morgan fingerprint density at radius 1 is 1.30 bits per heavy atom. The maximum Gasteiger partial charge on any atom is 0.188 e. The molecule has 0 unspecified atom stereocenters. The predicted octanol–water partition coefficient (Wildman–Crippen LogP) is 4.98. The Labute approximate surface area is 129 Å². The number of hydrogen-bond donors (Lipinski definition) is 1. The first-order valence-corrected chi connectivity index (χ1v) is 7.61. The first-order valence-electron chi connectivity index (χ1n) is 6.00. The molecule has 1 heterocycles. The summed E-state index contributed by atoms with van der Waals surface area (Å²) in [6.07, 6.45) is 0. The van der Waals surface area contributed by atoms with Crippen LogP contribution in [-0.4, -0.2) is 4.98 Å². The number of rotatable bonds is 2. The molecule has 0 aliphatic heterocycles. The molecule has 0 radical (unpaired) electrons. The largest absolute Gasteiger partial charge is 0.331 e. The third kappa shape index (κ3) is 2.40. The Hall–Kier alpha value is -1.90. The number of hydrogen-bond acceptors (Lipinski definition) is 4. The molecule has 0 aliphatic rings. The summed E-state index contributed by atoms with van der Waals surface area (Å²) >= 11 is 5.08. The number of aryl methyl sites for hydroxylation is 1. The van der Waals surface area contributed by atoms with E-state index in [0.717, 1.165) is 25.5 Å². The number of benzene rings is 2. The van der Waals surface area contributed by atoms with Crippen molar-refractivity contribution in [3.05, 3.63) is 52.0 Å². The summed E-state index contributed by atoms with van der Waals surface area (Å²) in [5, 5.41) is 13.0. The van der Waals surface area contributed by atoms with Crippen LogP contribution in [0.25, 0.3) is 10.2 Å². The van der Waals surface area contributed by atoms with Crippen LogP contribution in [0.3, 0.4) is 0 Å². The van der Waals surface area contributed by atoms with E-state index in [1.54, 1.807) is 23.5 Å². The first-order chi connectivity index (χ1) is 9.67. The summed E-state index contributed by atoms with van der Waals surface area (Å²) in [7, 11) is 0. The summed E-state index contributed by atoms with van der Waals surface area (Å²) in [6, 6.07) is 13.7. The fourth-order valence-corrected chi connectivity index (χ4v) is 3.37. The minimum atomic E-state index is 0.627. The highest BCUT2D eigenvalue weighted by molar-refractivity contribution is 9.10. The fourth-order valence-electron chi connectivity index (χ4n) is 1.94. The lowest BCUT2D eigenvalue weighted by atomic mass is 10.2. The summed E-state index contributed by atoms with van der Waals surface area (Å²) in [6.45, 7) is 2.06. The highest BCUT2D eigenvalue weighted by atomic mass is 79.9. The van der Waals surface area contributed by atoms with Crippen molar-refractivity contribution in [2.24, 2.45) is 0 Å². The summed E-state index contributed by atoms with van der Waals surface area (Å²) in [5.74, 6) is 0. The molecule has 3 nitrogen and oxygen atoms in total. The molecule has 0 fully saturated rings. The number of thiazole rings is 1. The number of aromatic nitrogens is 1. The number of nitrogens with one attached hydrogen (secondary N) is 1. The average molecular weight is 344 g/mol. The van der Waals surface area contributed by atoms with Crippen LogP contribution in [0.5, 0.6) is 0 Å². The van der Waals surface area contributed by atoms with E-state index in [1.165, 1.54) is 5.56 Å². The zero-order valence-corrected chi connectivity index (χ0v) is 13.0. The van der Waals surface area contributed by atoms with E-state index in [9.17, 15) is 0 Å². The lowest BCUT2D eigenvalue weighted by Gasteiger charge is -2.05. The van der Waals surface area contributed by atoms with E-state index in [-0.39, 0.29) is 0 Å². The maximum atomic E-state index is 8.87. The van der Waals surface area contributed by atoms with Gasteiger partial charge in [0, 0.05) is 4.47 Å². The molecule has 0 saturated heterocycles. The van der Waals surface area contributed by atoms with E-state index >= 15 is 0 Å². The topological polar surface area (TPSA) is 48.7 Å². The van der Waals surface area contributed by atoms with E-state index in [0.29, 0.717) is 5.56 Å².